The first-order valence-electron chi connectivity index (χ1n) is 8.84. The third kappa shape index (κ3) is 4.45. The highest BCUT2D eigenvalue weighted by atomic mass is 16.2. The maximum absolute atomic E-state index is 12.5. The van der Waals surface area contributed by atoms with Crippen molar-refractivity contribution in [2.24, 2.45) is 0 Å². The van der Waals surface area contributed by atoms with Crippen LogP contribution in [0.2, 0.25) is 0 Å². The lowest BCUT2D eigenvalue weighted by molar-refractivity contribution is -0.114. The van der Waals surface area contributed by atoms with Crippen LogP contribution in [0.3, 0.4) is 0 Å². The summed E-state index contributed by atoms with van der Waals surface area (Å²) in [6.07, 6.45) is 3.68. The van der Waals surface area contributed by atoms with Crippen LogP contribution in [0.5, 0.6) is 0 Å². The van der Waals surface area contributed by atoms with E-state index in [2.05, 4.69) is 26.3 Å². The molecule has 0 bridgehead atoms. The molecule has 8 nitrogen and oxygen atoms in total. The van der Waals surface area contributed by atoms with Crippen LogP contribution >= 0.6 is 0 Å². The van der Waals surface area contributed by atoms with Gasteiger partial charge in [-0.05, 0) is 50.6 Å². The normalized spacial score (nSPS) is 16.1. The molecule has 2 heterocycles. The fourth-order valence-electron chi connectivity index (χ4n) is 3.07. The van der Waals surface area contributed by atoms with Crippen LogP contribution in [-0.2, 0) is 4.79 Å². The average Bonchev–Trinajstić information content (AvgIpc) is 3.12. The van der Waals surface area contributed by atoms with E-state index in [0.29, 0.717) is 11.4 Å². The number of amides is 2. The van der Waals surface area contributed by atoms with Crippen LogP contribution in [0.25, 0.3) is 0 Å². The van der Waals surface area contributed by atoms with Gasteiger partial charge in [0.05, 0.1) is 18.3 Å². The predicted molar refractivity (Wildman–Crippen MR) is 97.8 cm³/mol. The number of benzene rings is 1. The van der Waals surface area contributed by atoms with Crippen molar-refractivity contribution < 1.29 is 9.59 Å². The highest BCUT2D eigenvalue weighted by Crippen LogP contribution is 2.19. The smallest absolute Gasteiger partial charge is 0.273 e. The van der Waals surface area contributed by atoms with Gasteiger partial charge in [-0.25, -0.2) is 4.68 Å². The Morgan fingerprint density at radius 2 is 2.08 bits per heavy atom. The van der Waals surface area contributed by atoms with Gasteiger partial charge in [0.2, 0.25) is 5.91 Å². The van der Waals surface area contributed by atoms with Gasteiger partial charge >= 0.3 is 0 Å². The quantitative estimate of drug-likeness (QED) is 0.756. The maximum Gasteiger partial charge on any atom is 0.273 e. The molecule has 1 unspecified atom stereocenters. The summed E-state index contributed by atoms with van der Waals surface area (Å²) in [4.78, 5) is 23.7. The van der Waals surface area contributed by atoms with Gasteiger partial charge in [-0.15, -0.1) is 5.10 Å². The number of carbonyl (C=O) groups excluding carboxylic acids is 2. The van der Waals surface area contributed by atoms with Crippen molar-refractivity contribution >= 4 is 17.5 Å². The van der Waals surface area contributed by atoms with Crippen molar-refractivity contribution in [3.63, 3.8) is 0 Å². The van der Waals surface area contributed by atoms with E-state index in [1.165, 1.54) is 6.92 Å². The molecule has 1 saturated heterocycles. The molecule has 0 saturated carbocycles. The fraction of sp³-hybridized carbons (Fsp3) is 0.444. The number of nitrogens with one attached hydrogen (secondary N) is 3. The van der Waals surface area contributed by atoms with Crippen molar-refractivity contribution in [3.8, 4) is 0 Å². The molecule has 1 aromatic carbocycles. The molecular formula is C18H24N6O2. The number of nitrogens with zero attached hydrogens (tertiary/aromatic N) is 3. The zero-order valence-electron chi connectivity index (χ0n) is 15.0. The van der Waals surface area contributed by atoms with E-state index in [9.17, 15) is 9.59 Å². The Balaban J connectivity index is 1.64. The SMILES string of the molecule is CC(=O)Nc1cccc(C(C)NC(=O)c2cn(C3CCNCC3)nn2)c1. The Hall–Kier alpha value is -2.74. The fourth-order valence-corrected chi connectivity index (χ4v) is 3.07. The number of hydrogen-bond donors (Lipinski definition) is 3. The second-order valence-corrected chi connectivity index (χ2v) is 6.57. The largest absolute Gasteiger partial charge is 0.344 e. The third-order valence-electron chi connectivity index (χ3n) is 4.48. The Kier molecular flexibility index (Phi) is 5.62. The number of piperidine rings is 1. The number of aromatic nitrogens is 3. The minimum atomic E-state index is -0.261. The zero-order chi connectivity index (χ0) is 18.5. The first-order chi connectivity index (χ1) is 12.5. The molecule has 3 N–H and O–H groups in total. The Morgan fingerprint density at radius 3 is 2.81 bits per heavy atom. The highest BCUT2D eigenvalue weighted by molar-refractivity contribution is 5.92. The summed E-state index contributed by atoms with van der Waals surface area (Å²) in [5.41, 5.74) is 1.91. The first kappa shape index (κ1) is 18.1. The van der Waals surface area contributed by atoms with Gasteiger partial charge in [-0.1, -0.05) is 17.3 Å². The summed E-state index contributed by atoms with van der Waals surface area (Å²) in [6.45, 7) is 5.26. The van der Waals surface area contributed by atoms with Gasteiger partial charge in [0.1, 0.15) is 0 Å². The van der Waals surface area contributed by atoms with E-state index in [-0.39, 0.29) is 23.9 Å². The summed E-state index contributed by atoms with van der Waals surface area (Å²) in [7, 11) is 0. The van der Waals surface area contributed by atoms with E-state index < -0.39 is 0 Å². The Bertz CT molecular complexity index is 781. The second-order valence-electron chi connectivity index (χ2n) is 6.57. The summed E-state index contributed by atoms with van der Waals surface area (Å²) >= 11 is 0. The third-order valence-corrected chi connectivity index (χ3v) is 4.48. The molecule has 0 radical (unpaired) electrons. The molecule has 1 aromatic heterocycles. The van der Waals surface area contributed by atoms with Crippen LogP contribution in [0.4, 0.5) is 5.69 Å². The molecule has 8 heteroatoms. The minimum absolute atomic E-state index is 0.131. The molecule has 1 aliphatic heterocycles. The Labute approximate surface area is 152 Å². The predicted octanol–water partition coefficient (Wildman–Crippen LogP) is 1.65. The molecular weight excluding hydrogens is 332 g/mol. The lowest BCUT2D eigenvalue weighted by atomic mass is 10.1. The molecule has 138 valence electrons. The van der Waals surface area contributed by atoms with E-state index >= 15 is 0 Å². The molecule has 0 spiro atoms. The molecule has 2 aromatic rings. The standard InChI is InChI=1S/C18H24N6O2/c1-12(14-4-3-5-15(10-14)21-13(2)25)20-18(26)17-11-24(23-22-17)16-6-8-19-9-7-16/h3-5,10-12,16,19H,6-9H2,1-2H3,(H,20,26)(H,21,25). The minimum Gasteiger partial charge on any atom is -0.344 e. The van der Waals surface area contributed by atoms with Crippen LogP contribution in [0, 0.1) is 0 Å². The summed E-state index contributed by atoms with van der Waals surface area (Å²) in [5, 5.41) is 17.1. The molecule has 1 atom stereocenters. The van der Waals surface area contributed by atoms with E-state index in [4.69, 9.17) is 0 Å². The molecule has 26 heavy (non-hydrogen) atoms. The lowest BCUT2D eigenvalue weighted by Crippen LogP contribution is -2.29. The van der Waals surface area contributed by atoms with Crippen LogP contribution in [0.1, 0.15) is 54.8 Å². The Morgan fingerprint density at radius 1 is 1.31 bits per heavy atom. The number of anilines is 1. The van der Waals surface area contributed by atoms with Crippen molar-refractivity contribution in [1.29, 1.82) is 0 Å². The van der Waals surface area contributed by atoms with Gasteiger partial charge in [-0.2, -0.15) is 0 Å². The van der Waals surface area contributed by atoms with Crippen molar-refractivity contribution in [1.82, 2.24) is 25.6 Å². The summed E-state index contributed by atoms with van der Waals surface area (Å²) < 4.78 is 1.79. The highest BCUT2D eigenvalue weighted by Gasteiger charge is 2.20. The second kappa shape index (κ2) is 8.09. The lowest BCUT2D eigenvalue weighted by Gasteiger charge is -2.22. The maximum atomic E-state index is 12.5. The van der Waals surface area contributed by atoms with Gasteiger partial charge in [0.15, 0.2) is 5.69 Å². The molecule has 0 aliphatic carbocycles. The van der Waals surface area contributed by atoms with Crippen molar-refractivity contribution in [2.75, 3.05) is 18.4 Å². The summed E-state index contributed by atoms with van der Waals surface area (Å²) in [6, 6.07) is 7.47. The molecule has 1 fully saturated rings. The first-order valence-corrected chi connectivity index (χ1v) is 8.84. The number of carbonyl (C=O) groups is 2. The molecule has 3 rings (SSSR count). The number of hydrogen-bond acceptors (Lipinski definition) is 5. The van der Waals surface area contributed by atoms with Crippen LogP contribution in [0.15, 0.2) is 30.5 Å². The van der Waals surface area contributed by atoms with E-state index in [1.54, 1.807) is 10.9 Å². The van der Waals surface area contributed by atoms with Gasteiger partial charge in [-0.3, -0.25) is 9.59 Å². The average molecular weight is 356 g/mol. The van der Waals surface area contributed by atoms with Crippen LogP contribution in [-0.4, -0.2) is 39.9 Å². The topological polar surface area (TPSA) is 101 Å². The van der Waals surface area contributed by atoms with Gasteiger partial charge in [0, 0.05) is 12.6 Å². The van der Waals surface area contributed by atoms with Gasteiger partial charge < -0.3 is 16.0 Å². The van der Waals surface area contributed by atoms with E-state index in [1.807, 2.05) is 31.2 Å². The molecule has 1 aliphatic rings. The molecule has 2 amide bonds. The van der Waals surface area contributed by atoms with Crippen molar-refractivity contribution in [2.45, 2.75) is 38.8 Å². The van der Waals surface area contributed by atoms with E-state index in [0.717, 1.165) is 31.5 Å². The van der Waals surface area contributed by atoms with Crippen molar-refractivity contribution in [3.05, 3.63) is 41.7 Å². The zero-order valence-corrected chi connectivity index (χ0v) is 15.0. The monoisotopic (exact) mass is 356 g/mol. The number of rotatable bonds is 5. The summed E-state index contributed by atoms with van der Waals surface area (Å²) in [5.74, 6) is -0.393. The van der Waals surface area contributed by atoms with Crippen LogP contribution < -0.4 is 16.0 Å². The van der Waals surface area contributed by atoms with Gasteiger partial charge in [0.25, 0.3) is 5.91 Å².